The van der Waals surface area contributed by atoms with Crippen LogP contribution in [0.2, 0.25) is 0 Å². The van der Waals surface area contributed by atoms with Gasteiger partial charge in [-0.15, -0.1) is 0 Å². The summed E-state index contributed by atoms with van der Waals surface area (Å²) in [5.41, 5.74) is 0.157. The number of benzene rings is 1. The highest BCUT2D eigenvalue weighted by atomic mass is 19.1. The summed E-state index contributed by atoms with van der Waals surface area (Å²) in [5.74, 6) is 0.421. The zero-order chi connectivity index (χ0) is 15.1. The summed E-state index contributed by atoms with van der Waals surface area (Å²) < 4.78 is 18.0. The van der Waals surface area contributed by atoms with Gasteiger partial charge in [-0.25, -0.2) is 14.4 Å². The molecule has 0 aliphatic rings. The van der Waals surface area contributed by atoms with Crippen LogP contribution < -0.4 is 10.1 Å². The highest BCUT2D eigenvalue weighted by Crippen LogP contribution is 2.11. The number of aliphatic hydroxyl groups excluding tert-OH is 1. The van der Waals surface area contributed by atoms with Crippen LogP contribution in [-0.2, 0) is 0 Å². The van der Waals surface area contributed by atoms with Gasteiger partial charge in [-0.1, -0.05) is 0 Å². The summed E-state index contributed by atoms with van der Waals surface area (Å²) in [5, 5.41) is 21.5. The van der Waals surface area contributed by atoms with E-state index in [-0.39, 0.29) is 24.7 Å². The zero-order valence-electron chi connectivity index (χ0n) is 11.0. The molecule has 1 atom stereocenters. The third-order valence-electron chi connectivity index (χ3n) is 2.57. The Morgan fingerprint density at radius 1 is 1.29 bits per heavy atom. The Bertz CT molecular complexity index is 628. The van der Waals surface area contributed by atoms with Gasteiger partial charge in [-0.05, 0) is 24.3 Å². The lowest BCUT2D eigenvalue weighted by Crippen LogP contribution is -2.27. The lowest BCUT2D eigenvalue weighted by Gasteiger charge is -2.13. The van der Waals surface area contributed by atoms with E-state index >= 15 is 0 Å². The molecule has 21 heavy (non-hydrogen) atoms. The third-order valence-corrected chi connectivity index (χ3v) is 2.57. The van der Waals surface area contributed by atoms with Gasteiger partial charge in [0, 0.05) is 18.9 Å². The van der Waals surface area contributed by atoms with E-state index in [9.17, 15) is 9.50 Å². The van der Waals surface area contributed by atoms with Crippen LogP contribution in [0.15, 0.2) is 36.7 Å². The van der Waals surface area contributed by atoms with E-state index in [2.05, 4.69) is 15.3 Å². The minimum atomic E-state index is -0.816. The SMILES string of the molecule is N#Cc1nccnc1NCC(O)COc1ccc(F)cc1. The molecule has 108 valence electrons. The van der Waals surface area contributed by atoms with Crippen LogP contribution in [0.4, 0.5) is 10.2 Å². The molecule has 0 bridgehead atoms. The van der Waals surface area contributed by atoms with Crippen molar-refractivity contribution in [1.82, 2.24) is 9.97 Å². The maximum absolute atomic E-state index is 12.7. The fraction of sp³-hybridized carbons (Fsp3) is 0.214. The Kier molecular flexibility index (Phi) is 5.01. The van der Waals surface area contributed by atoms with Crippen molar-refractivity contribution < 1.29 is 14.2 Å². The molecule has 7 heteroatoms. The predicted octanol–water partition coefficient (Wildman–Crippen LogP) is 1.34. The summed E-state index contributed by atoms with van der Waals surface area (Å²) in [6.45, 7) is 0.176. The summed E-state index contributed by atoms with van der Waals surface area (Å²) >= 11 is 0. The van der Waals surface area contributed by atoms with Gasteiger partial charge < -0.3 is 15.2 Å². The number of nitrogens with one attached hydrogen (secondary N) is 1. The second-order valence-electron chi connectivity index (χ2n) is 4.17. The molecule has 2 N–H and O–H groups in total. The van der Waals surface area contributed by atoms with Gasteiger partial charge in [0.05, 0.1) is 0 Å². The first-order valence-corrected chi connectivity index (χ1v) is 6.20. The Morgan fingerprint density at radius 2 is 2.00 bits per heavy atom. The Hall–Kier alpha value is -2.72. The second kappa shape index (κ2) is 7.17. The van der Waals surface area contributed by atoms with E-state index in [1.165, 1.54) is 36.7 Å². The van der Waals surface area contributed by atoms with Crippen molar-refractivity contribution in [3.05, 3.63) is 48.2 Å². The first kappa shape index (κ1) is 14.7. The number of nitrogens with zero attached hydrogens (tertiary/aromatic N) is 3. The number of nitriles is 1. The average Bonchev–Trinajstić information content (AvgIpc) is 2.52. The topological polar surface area (TPSA) is 91.1 Å². The van der Waals surface area contributed by atoms with Crippen LogP contribution in [-0.4, -0.2) is 34.3 Å². The number of hydrogen-bond donors (Lipinski definition) is 2. The predicted molar refractivity (Wildman–Crippen MR) is 73.1 cm³/mol. The number of hydrogen-bond acceptors (Lipinski definition) is 6. The third kappa shape index (κ3) is 4.40. The smallest absolute Gasteiger partial charge is 0.182 e. The van der Waals surface area contributed by atoms with Gasteiger partial charge in [0.2, 0.25) is 0 Å². The van der Waals surface area contributed by atoms with E-state index < -0.39 is 6.10 Å². The molecule has 1 heterocycles. The first-order valence-electron chi connectivity index (χ1n) is 6.20. The number of halogens is 1. The summed E-state index contributed by atoms with van der Waals surface area (Å²) in [6.07, 6.45) is 2.05. The molecule has 0 saturated carbocycles. The van der Waals surface area contributed by atoms with Gasteiger partial charge in [0.25, 0.3) is 0 Å². The molecule has 0 radical (unpaired) electrons. The number of ether oxygens (including phenoxy) is 1. The molecule has 2 aromatic rings. The van der Waals surface area contributed by atoms with Gasteiger partial charge in [-0.2, -0.15) is 5.26 Å². The molecule has 1 aromatic carbocycles. The van der Waals surface area contributed by atoms with E-state index in [0.29, 0.717) is 11.6 Å². The van der Waals surface area contributed by atoms with Crippen LogP contribution in [0.5, 0.6) is 5.75 Å². The standard InChI is InChI=1S/C14H13FN4O2/c15-10-1-3-12(4-2-10)21-9-11(20)8-19-14-13(7-16)17-5-6-18-14/h1-6,11,20H,8-9H2,(H,18,19). The molecular weight excluding hydrogens is 275 g/mol. The van der Waals surface area contributed by atoms with Crippen LogP contribution in [0.1, 0.15) is 5.69 Å². The van der Waals surface area contributed by atoms with Gasteiger partial charge in [-0.3, -0.25) is 0 Å². The number of aliphatic hydroxyl groups is 1. The number of anilines is 1. The molecule has 2 rings (SSSR count). The molecule has 6 nitrogen and oxygen atoms in total. The normalized spacial score (nSPS) is 11.5. The van der Waals surface area contributed by atoms with Crippen LogP contribution in [0.25, 0.3) is 0 Å². The van der Waals surface area contributed by atoms with Crippen molar-refractivity contribution >= 4 is 5.82 Å². The first-order chi connectivity index (χ1) is 10.2. The molecule has 0 amide bonds. The van der Waals surface area contributed by atoms with Crippen LogP contribution in [0, 0.1) is 17.1 Å². The molecular formula is C14H13FN4O2. The van der Waals surface area contributed by atoms with Crippen LogP contribution >= 0.6 is 0 Å². The van der Waals surface area contributed by atoms with Crippen molar-refractivity contribution in [1.29, 1.82) is 5.26 Å². The highest BCUT2D eigenvalue weighted by molar-refractivity contribution is 5.46. The lowest BCUT2D eigenvalue weighted by atomic mass is 10.3. The maximum atomic E-state index is 12.7. The highest BCUT2D eigenvalue weighted by Gasteiger charge is 2.08. The summed E-state index contributed by atoms with van der Waals surface area (Å²) in [7, 11) is 0. The molecule has 1 aromatic heterocycles. The van der Waals surface area contributed by atoms with E-state index in [0.717, 1.165) is 0 Å². The average molecular weight is 288 g/mol. The van der Waals surface area contributed by atoms with E-state index in [4.69, 9.17) is 10.00 Å². The quantitative estimate of drug-likeness (QED) is 0.833. The Labute approximate surface area is 120 Å². The fourth-order valence-corrected chi connectivity index (χ4v) is 1.55. The largest absolute Gasteiger partial charge is 0.491 e. The van der Waals surface area contributed by atoms with Crippen molar-refractivity contribution in [3.8, 4) is 11.8 Å². The summed E-state index contributed by atoms with van der Waals surface area (Å²) in [6, 6.07) is 7.41. The molecule has 0 aliphatic carbocycles. The van der Waals surface area contributed by atoms with Gasteiger partial charge in [0.1, 0.15) is 30.3 Å². The van der Waals surface area contributed by atoms with Crippen molar-refractivity contribution in [2.75, 3.05) is 18.5 Å². The summed E-state index contributed by atoms with van der Waals surface area (Å²) in [4.78, 5) is 7.80. The van der Waals surface area contributed by atoms with Gasteiger partial charge in [0.15, 0.2) is 11.5 Å². The maximum Gasteiger partial charge on any atom is 0.182 e. The van der Waals surface area contributed by atoms with Crippen LogP contribution in [0.3, 0.4) is 0 Å². The molecule has 0 fully saturated rings. The molecule has 0 aliphatic heterocycles. The fourth-order valence-electron chi connectivity index (χ4n) is 1.55. The lowest BCUT2D eigenvalue weighted by molar-refractivity contribution is 0.117. The number of aromatic nitrogens is 2. The van der Waals surface area contributed by atoms with Crippen molar-refractivity contribution in [2.24, 2.45) is 0 Å². The minimum Gasteiger partial charge on any atom is -0.491 e. The van der Waals surface area contributed by atoms with Crippen molar-refractivity contribution in [3.63, 3.8) is 0 Å². The Morgan fingerprint density at radius 3 is 2.71 bits per heavy atom. The molecule has 0 spiro atoms. The van der Waals surface area contributed by atoms with Crippen molar-refractivity contribution in [2.45, 2.75) is 6.10 Å². The molecule has 0 saturated heterocycles. The van der Waals surface area contributed by atoms with E-state index in [1.54, 1.807) is 0 Å². The molecule has 1 unspecified atom stereocenters. The van der Waals surface area contributed by atoms with E-state index in [1.807, 2.05) is 6.07 Å². The monoisotopic (exact) mass is 288 g/mol. The van der Waals surface area contributed by atoms with Gasteiger partial charge >= 0.3 is 0 Å². The Balaban J connectivity index is 1.81. The minimum absolute atomic E-state index is 0.0286. The second-order valence-corrected chi connectivity index (χ2v) is 4.17. The number of rotatable bonds is 6. The zero-order valence-corrected chi connectivity index (χ0v) is 11.0.